The molecule has 0 saturated carbocycles. The van der Waals surface area contributed by atoms with Crippen LogP contribution in [0.3, 0.4) is 0 Å². The van der Waals surface area contributed by atoms with E-state index in [9.17, 15) is 9.50 Å². The van der Waals surface area contributed by atoms with Crippen LogP contribution in [-0.2, 0) is 6.42 Å². The summed E-state index contributed by atoms with van der Waals surface area (Å²) in [5, 5.41) is 10.4. The van der Waals surface area contributed by atoms with Crippen molar-refractivity contribution in [1.82, 2.24) is 0 Å². The van der Waals surface area contributed by atoms with Crippen LogP contribution in [0.15, 0.2) is 40.9 Å². The second-order valence-electron chi connectivity index (χ2n) is 4.58. The number of methoxy groups -OCH3 is 2. The van der Waals surface area contributed by atoms with Crippen LogP contribution in [0.5, 0.6) is 11.5 Å². The highest BCUT2D eigenvalue weighted by Crippen LogP contribution is 2.36. The van der Waals surface area contributed by atoms with Gasteiger partial charge in [-0.3, -0.25) is 0 Å². The molecule has 1 atom stereocenters. The molecular weight excluding hydrogens is 339 g/mol. The molecule has 0 saturated heterocycles. The molecular formula is C16H16BrFO3. The van der Waals surface area contributed by atoms with E-state index in [0.717, 1.165) is 5.56 Å². The third-order valence-electron chi connectivity index (χ3n) is 3.18. The Kier molecular flexibility index (Phi) is 5.20. The quantitative estimate of drug-likeness (QED) is 0.885. The molecule has 2 aromatic rings. The van der Waals surface area contributed by atoms with Gasteiger partial charge in [-0.05, 0) is 35.4 Å². The molecule has 5 heteroatoms. The first-order chi connectivity index (χ1) is 10.0. The van der Waals surface area contributed by atoms with E-state index in [1.165, 1.54) is 19.2 Å². The topological polar surface area (TPSA) is 38.7 Å². The van der Waals surface area contributed by atoms with Crippen LogP contribution in [0.4, 0.5) is 4.39 Å². The maximum Gasteiger partial charge on any atom is 0.161 e. The molecule has 0 radical (unpaired) electrons. The van der Waals surface area contributed by atoms with Crippen LogP contribution in [0.25, 0.3) is 0 Å². The van der Waals surface area contributed by atoms with Crippen molar-refractivity contribution in [2.45, 2.75) is 12.5 Å². The molecule has 0 aromatic heterocycles. The van der Waals surface area contributed by atoms with Gasteiger partial charge in [-0.1, -0.05) is 28.1 Å². The van der Waals surface area contributed by atoms with Crippen molar-refractivity contribution in [3.05, 3.63) is 57.8 Å². The first-order valence-electron chi connectivity index (χ1n) is 6.39. The number of ether oxygens (including phenoxy) is 2. The van der Waals surface area contributed by atoms with Gasteiger partial charge in [0.15, 0.2) is 11.5 Å². The normalized spacial score (nSPS) is 12.0. The third-order valence-corrected chi connectivity index (χ3v) is 3.87. The van der Waals surface area contributed by atoms with E-state index >= 15 is 0 Å². The molecule has 0 fully saturated rings. The number of halogens is 2. The van der Waals surface area contributed by atoms with Crippen LogP contribution in [0.1, 0.15) is 17.2 Å². The summed E-state index contributed by atoms with van der Waals surface area (Å²) in [6.45, 7) is 0. The van der Waals surface area contributed by atoms with Crippen molar-refractivity contribution >= 4 is 15.9 Å². The number of hydrogen-bond acceptors (Lipinski definition) is 3. The molecule has 112 valence electrons. The smallest absolute Gasteiger partial charge is 0.161 e. The molecule has 0 bridgehead atoms. The Morgan fingerprint density at radius 3 is 2.43 bits per heavy atom. The maximum absolute atomic E-state index is 13.2. The second-order valence-corrected chi connectivity index (χ2v) is 5.43. The van der Waals surface area contributed by atoms with E-state index < -0.39 is 6.10 Å². The fraction of sp³-hybridized carbons (Fsp3) is 0.250. The summed E-state index contributed by atoms with van der Waals surface area (Å²) in [6, 6.07) is 9.65. The molecule has 0 heterocycles. The Balaban J connectivity index is 2.28. The molecule has 0 aliphatic rings. The largest absolute Gasteiger partial charge is 0.493 e. The van der Waals surface area contributed by atoms with Crippen molar-refractivity contribution in [2.75, 3.05) is 14.2 Å². The zero-order valence-electron chi connectivity index (χ0n) is 11.8. The van der Waals surface area contributed by atoms with E-state index in [4.69, 9.17) is 9.47 Å². The summed E-state index contributed by atoms with van der Waals surface area (Å²) in [4.78, 5) is 0. The Morgan fingerprint density at radius 2 is 1.81 bits per heavy atom. The molecule has 1 unspecified atom stereocenters. The van der Waals surface area contributed by atoms with Gasteiger partial charge in [-0.25, -0.2) is 4.39 Å². The number of aliphatic hydroxyl groups excluding tert-OH is 1. The Labute approximate surface area is 131 Å². The molecule has 21 heavy (non-hydrogen) atoms. The maximum atomic E-state index is 13.2. The average molecular weight is 355 g/mol. The number of aliphatic hydroxyl groups is 1. The highest BCUT2D eigenvalue weighted by Gasteiger charge is 2.16. The lowest BCUT2D eigenvalue weighted by Crippen LogP contribution is -2.04. The monoisotopic (exact) mass is 354 g/mol. The summed E-state index contributed by atoms with van der Waals surface area (Å²) >= 11 is 3.41. The second kappa shape index (κ2) is 6.91. The Morgan fingerprint density at radius 1 is 1.14 bits per heavy atom. The van der Waals surface area contributed by atoms with Crippen LogP contribution in [0, 0.1) is 5.82 Å². The minimum atomic E-state index is -0.777. The Hall–Kier alpha value is -1.59. The van der Waals surface area contributed by atoms with Gasteiger partial charge in [0.25, 0.3) is 0 Å². The third kappa shape index (κ3) is 3.74. The summed E-state index contributed by atoms with van der Waals surface area (Å²) in [5.41, 5.74) is 1.39. The van der Waals surface area contributed by atoms with Crippen molar-refractivity contribution in [2.24, 2.45) is 0 Å². The van der Waals surface area contributed by atoms with Crippen molar-refractivity contribution in [3.8, 4) is 11.5 Å². The zero-order chi connectivity index (χ0) is 15.4. The molecule has 0 spiro atoms. The average Bonchev–Trinajstić information content (AvgIpc) is 2.46. The van der Waals surface area contributed by atoms with E-state index in [2.05, 4.69) is 15.9 Å². The molecule has 0 aliphatic carbocycles. The van der Waals surface area contributed by atoms with Gasteiger partial charge in [0, 0.05) is 10.9 Å². The van der Waals surface area contributed by atoms with Gasteiger partial charge in [0.2, 0.25) is 0 Å². The van der Waals surface area contributed by atoms with Gasteiger partial charge in [-0.15, -0.1) is 0 Å². The van der Waals surface area contributed by atoms with Crippen molar-refractivity contribution in [3.63, 3.8) is 0 Å². The lowest BCUT2D eigenvalue weighted by Gasteiger charge is -2.16. The summed E-state index contributed by atoms with van der Waals surface area (Å²) in [5.74, 6) is 0.797. The van der Waals surface area contributed by atoms with E-state index in [-0.39, 0.29) is 5.82 Å². The van der Waals surface area contributed by atoms with E-state index in [1.807, 2.05) is 0 Å². The van der Waals surface area contributed by atoms with Crippen molar-refractivity contribution < 1.29 is 19.0 Å². The minimum absolute atomic E-state index is 0.311. The fourth-order valence-electron chi connectivity index (χ4n) is 2.12. The van der Waals surface area contributed by atoms with Gasteiger partial charge >= 0.3 is 0 Å². The first-order valence-corrected chi connectivity index (χ1v) is 7.18. The first kappa shape index (κ1) is 15.8. The molecule has 3 nitrogen and oxygen atoms in total. The SMILES string of the molecule is COc1cc(Br)c(C(O)Cc2cccc(F)c2)cc1OC. The highest BCUT2D eigenvalue weighted by atomic mass is 79.9. The zero-order valence-corrected chi connectivity index (χ0v) is 13.4. The van der Waals surface area contributed by atoms with Crippen LogP contribution in [-0.4, -0.2) is 19.3 Å². The van der Waals surface area contributed by atoms with Gasteiger partial charge in [-0.2, -0.15) is 0 Å². The molecule has 2 rings (SSSR count). The molecule has 0 aliphatic heterocycles. The Bertz CT molecular complexity index is 631. The lowest BCUT2D eigenvalue weighted by molar-refractivity contribution is 0.177. The van der Waals surface area contributed by atoms with Crippen molar-refractivity contribution in [1.29, 1.82) is 0 Å². The molecule has 2 aromatic carbocycles. The predicted molar refractivity (Wildman–Crippen MR) is 82.3 cm³/mol. The number of rotatable bonds is 5. The lowest BCUT2D eigenvalue weighted by atomic mass is 10.0. The molecule has 0 amide bonds. The van der Waals surface area contributed by atoms with E-state index in [0.29, 0.717) is 28.0 Å². The van der Waals surface area contributed by atoms with Crippen LogP contribution < -0.4 is 9.47 Å². The van der Waals surface area contributed by atoms with Crippen LogP contribution in [0.2, 0.25) is 0 Å². The van der Waals surface area contributed by atoms with Gasteiger partial charge < -0.3 is 14.6 Å². The molecule has 1 N–H and O–H groups in total. The van der Waals surface area contributed by atoms with Crippen LogP contribution >= 0.6 is 15.9 Å². The fourth-order valence-corrected chi connectivity index (χ4v) is 2.71. The summed E-state index contributed by atoms with van der Waals surface area (Å²) in [6.07, 6.45) is -0.466. The minimum Gasteiger partial charge on any atom is -0.493 e. The van der Waals surface area contributed by atoms with Gasteiger partial charge in [0.1, 0.15) is 5.82 Å². The highest BCUT2D eigenvalue weighted by molar-refractivity contribution is 9.10. The summed E-state index contributed by atoms with van der Waals surface area (Å²) < 4.78 is 24.3. The van der Waals surface area contributed by atoms with Gasteiger partial charge in [0.05, 0.1) is 20.3 Å². The predicted octanol–water partition coefficient (Wildman–Crippen LogP) is 3.88. The standard InChI is InChI=1S/C16H16BrFO3/c1-20-15-8-12(13(17)9-16(15)21-2)14(19)7-10-4-3-5-11(18)6-10/h3-6,8-9,14,19H,7H2,1-2H3. The van der Waals surface area contributed by atoms with E-state index in [1.54, 1.807) is 31.4 Å². The number of benzene rings is 2. The summed E-state index contributed by atoms with van der Waals surface area (Å²) in [7, 11) is 3.08. The number of hydrogen-bond donors (Lipinski definition) is 1.